The van der Waals surface area contributed by atoms with Crippen molar-refractivity contribution in [3.05, 3.63) is 47.3 Å². The van der Waals surface area contributed by atoms with Gasteiger partial charge in [0.05, 0.1) is 35.5 Å². The summed E-state index contributed by atoms with van der Waals surface area (Å²) >= 11 is 0. The number of aromatic hydroxyl groups is 3. The lowest BCUT2D eigenvalue weighted by Gasteiger charge is -2.38. The largest absolute Gasteiger partial charge is 0.507 e. The number of Topliss-reactive ketones (excluding diaryl/α,β-unsaturated/α-hetero) is 1. The van der Waals surface area contributed by atoms with Gasteiger partial charge in [0.1, 0.15) is 34.7 Å². The number of hydrogen-bond donors (Lipinski definition) is 7. The number of phenolic OH excluding ortho intramolecular Hbond substituents is 3. The van der Waals surface area contributed by atoms with Crippen LogP contribution in [0.3, 0.4) is 0 Å². The Morgan fingerprint density at radius 1 is 0.912 bits per heavy atom. The molecule has 14 nitrogen and oxygen atoms in total. The number of nitrogens with one attached hydrogen (secondary N) is 2. The number of carbonyl (C=O) groups is 3. The van der Waals surface area contributed by atoms with Gasteiger partial charge < -0.3 is 55.1 Å². The highest BCUT2D eigenvalue weighted by molar-refractivity contribution is 6.23. The molecule has 0 spiro atoms. The second-order valence-electron chi connectivity index (χ2n) is 16.1. The van der Waals surface area contributed by atoms with Gasteiger partial charge >= 0.3 is 11.8 Å². The van der Waals surface area contributed by atoms with Crippen molar-refractivity contribution in [1.29, 1.82) is 0 Å². The van der Waals surface area contributed by atoms with Crippen molar-refractivity contribution < 1.29 is 58.9 Å². The van der Waals surface area contributed by atoms with Crippen LogP contribution >= 0.6 is 0 Å². The summed E-state index contributed by atoms with van der Waals surface area (Å²) in [5, 5.41) is 64.0. The number of aliphatic hydroxyl groups is 2. The molecule has 57 heavy (non-hydrogen) atoms. The molecule has 0 aromatic heterocycles. The van der Waals surface area contributed by atoms with Crippen molar-refractivity contribution in [3.8, 4) is 23.0 Å². The minimum Gasteiger partial charge on any atom is -0.507 e. The molecule has 0 saturated heterocycles. The van der Waals surface area contributed by atoms with Gasteiger partial charge in [-0.3, -0.25) is 14.4 Å². The number of fused-ring (bicyclic) bond motifs is 14. The molecule has 1 aliphatic carbocycles. The fourth-order valence-corrected chi connectivity index (χ4v) is 8.31. The molecule has 2 aromatic carbocycles. The van der Waals surface area contributed by atoms with Crippen LogP contribution in [0.25, 0.3) is 10.8 Å². The Morgan fingerprint density at radius 2 is 1.58 bits per heavy atom. The predicted octanol–water partition coefficient (Wildman–Crippen LogP) is 6.50. The highest BCUT2D eigenvalue weighted by atomic mass is 16.7. The minimum absolute atomic E-state index is 0.0245. The maximum Gasteiger partial charge on any atom is 0.312 e. The molecule has 5 bridgehead atoms. The predicted molar refractivity (Wildman–Crippen MR) is 214 cm³/mol. The lowest BCUT2D eigenvalue weighted by Crippen LogP contribution is -2.46. The summed E-state index contributed by atoms with van der Waals surface area (Å²) < 4.78 is 23.6. The van der Waals surface area contributed by atoms with Gasteiger partial charge in [-0.2, -0.15) is 0 Å². The van der Waals surface area contributed by atoms with Crippen LogP contribution < -0.4 is 15.4 Å². The van der Waals surface area contributed by atoms with Gasteiger partial charge in [-0.15, -0.1) is 0 Å². The van der Waals surface area contributed by atoms with Crippen molar-refractivity contribution in [2.75, 3.05) is 17.7 Å². The van der Waals surface area contributed by atoms with Crippen molar-refractivity contribution in [1.82, 2.24) is 0 Å². The number of phenols is 3. The Kier molecular flexibility index (Phi) is 13.2. The first-order valence-corrected chi connectivity index (χ1v) is 19.7. The van der Waals surface area contributed by atoms with Crippen LogP contribution in [0, 0.1) is 30.6 Å². The molecular weight excluding hydrogens is 736 g/mol. The van der Waals surface area contributed by atoms with Gasteiger partial charge in [0.2, 0.25) is 0 Å². The maximum absolute atomic E-state index is 14.4. The van der Waals surface area contributed by atoms with Crippen molar-refractivity contribution in [3.63, 3.8) is 0 Å². The number of carbonyl (C=O) groups excluding carboxylic acids is 3. The SMILES string of the molecule is CO[C@H]1C=CO[C@@]2(C)Oc3c(C)c(O)c4c(O)c(c(NC5CCCCC5)c(O)c4c3C2=O)NC(=O)/C(C)=C\C=C/[C@H](C)[C@H](O)[C@@H](C)[C@@H](O)[C@@H](C)[C@H](OC(C)=O)[C@@H]1C. The van der Waals surface area contributed by atoms with Crippen LogP contribution in [0.15, 0.2) is 36.1 Å². The zero-order valence-corrected chi connectivity index (χ0v) is 34.2. The summed E-state index contributed by atoms with van der Waals surface area (Å²) in [5.74, 6) is -7.96. The molecule has 3 aliphatic heterocycles. The number of ether oxygens (including phenoxy) is 4. The molecule has 2 aromatic rings. The summed E-state index contributed by atoms with van der Waals surface area (Å²) in [4.78, 5) is 40.4. The van der Waals surface area contributed by atoms with Crippen LogP contribution in [0.4, 0.5) is 11.4 Å². The van der Waals surface area contributed by atoms with Gasteiger partial charge in [-0.05, 0) is 32.8 Å². The maximum atomic E-state index is 14.4. The number of allylic oxidation sites excluding steroid dienone is 2. The van der Waals surface area contributed by atoms with E-state index in [9.17, 15) is 39.9 Å². The fourth-order valence-electron chi connectivity index (χ4n) is 8.31. The van der Waals surface area contributed by atoms with E-state index < -0.39 is 88.8 Å². The Morgan fingerprint density at radius 3 is 2.21 bits per heavy atom. The van der Waals surface area contributed by atoms with E-state index in [1.807, 2.05) is 0 Å². The highest BCUT2D eigenvalue weighted by Crippen LogP contribution is 2.57. The average molecular weight is 795 g/mol. The second-order valence-corrected chi connectivity index (χ2v) is 16.1. The van der Waals surface area contributed by atoms with E-state index in [-0.39, 0.29) is 50.6 Å². The molecule has 0 unspecified atom stereocenters. The molecule has 3 heterocycles. The number of rotatable bonds is 4. The summed E-state index contributed by atoms with van der Waals surface area (Å²) in [5.41, 5.74) is -0.0548. The smallest absolute Gasteiger partial charge is 0.312 e. The molecule has 7 N–H and O–H groups in total. The quantitative estimate of drug-likeness (QED) is 0.100. The molecular formula is C43H58N2O12. The van der Waals surface area contributed by atoms with Crippen molar-refractivity contribution >= 4 is 39.8 Å². The zero-order chi connectivity index (χ0) is 42.1. The van der Waals surface area contributed by atoms with E-state index in [2.05, 4.69) is 10.6 Å². The number of aliphatic hydroxyl groups excluding tert-OH is 2. The van der Waals surface area contributed by atoms with Gasteiger partial charge in [-0.25, -0.2) is 0 Å². The number of hydrogen-bond acceptors (Lipinski definition) is 13. The lowest BCUT2D eigenvalue weighted by molar-refractivity contribution is -0.160. The van der Waals surface area contributed by atoms with Crippen LogP contribution in [0.2, 0.25) is 0 Å². The van der Waals surface area contributed by atoms with Crippen molar-refractivity contribution in [2.45, 2.75) is 124 Å². The van der Waals surface area contributed by atoms with Gasteiger partial charge in [0.15, 0.2) is 5.75 Å². The fraction of sp³-hybridized carbons (Fsp3) is 0.558. The third-order valence-corrected chi connectivity index (χ3v) is 11.9. The molecule has 6 rings (SSSR count). The molecule has 4 aliphatic rings. The number of anilines is 2. The van der Waals surface area contributed by atoms with E-state index in [1.165, 1.54) is 46.3 Å². The summed E-state index contributed by atoms with van der Waals surface area (Å²) in [6.07, 6.45) is 8.12. The number of esters is 1. The topological polar surface area (TPSA) is 213 Å². The second kappa shape index (κ2) is 17.4. The normalized spacial score (nSPS) is 31.9. The molecule has 312 valence electrons. The molecule has 1 amide bonds. The molecule has 0 radical (unpaired) electrons. The van der Waals surface area contributed by atoms with E-state index in [0.29, 0.717) is 0 Å². The highest BCUT2D eigenvalue weighted by Gasteiger charge is 2.50. The standard InChI is InChI=1S/C43H58N2O12/c1-20-14-13-15-21(2)42(53)45-33-32(44-27-16-11-10-12-17-27)37(50)29-30(38(33)51)36(49)25(6)40-31(29)41(52)43(8,57-40)55-19-18-28(54-9)22(3)39(56-26(7)46)24(5)35(48)23(4)34(20)47/h13-15,18-20,22-24,27-28,34-35,39,44,47-51H,10-12,16-17H2,1-9H3,(H,45,53)/b14-13-,19-18?,21-15-/t20-,22+,23+,24+,28-,34-,35+,39+,43-/m0/s1. The third-order valence-electron chi connectivity index (χ3n) is 11.9. The Hall–Kier alpha value is -4.79. The van der Waals surface area contributed by atoms with Gasteiger partial charge in [0, 0.05) is 67.2 Å². The average Bonchev–Trinajstić information content (AvgIpc) is 3.44. The van der Waals surface area contributed by atoms with Gasteiger partial charge in [0.25, 0.3) is 11.7 Å². The van der Waals surface area contributed by atoms with E-state index in [4.69, 9.17) is 18.9 Å². The molecule has 14 heteroatoms. The first-order valence-electron chi connectivity index (χ1n) is 19.7. The first kappa shape index (κ1) is 43.3. The van der Waals surface area contributed by atoms with Crippen LogP contribution in [-0.4, -0.2) is 86.5 Å². The van der Waals surface area contributed by atoms with Crippen LogP contribution in [0.1, 0.15) is 96.5 Å². The van der Waals surface area contributed by atoms with E-state index in [0.717, 1.165) is 32.1 Å². The molecule has 9 atom stereocenters. The first-order chi connectivity index (χ1) is 26.8. The minimum atomic E-state index is -2.01. The van der Waals surface area contributed by atoms with E-state index >= 15 is 0 Å². The Bertz CT molecular complexity index is 1970. The monoisotopic (exact) mass is 794 g/mol. The molecule has 1 fully saturated rings. The summed E-state index contributed by atoms with van der Waals surface area (Å²) in [7, 11) is 1.45. The third kappa shape index (κ3) is 8.44. The number of methoxy groups -OCH3 is 1. The van der Waals surface area contributed by atoms with Gasteiger partial charge in [-0.1, -0.05) is 65.2 Å². The number of benzene rings is 2. The molecule has 1 saturated carbocycles. The van der Waals surface area contributed by atoms with Crippen LogP contribution in [0.5, 0.6) is 23.0 Å². The summed E-state index contributed by atoms with van der Waals surface area (Å²) in [6, 6.07) is -0.130. The van der Waals surface area contributed by atoms with E-state index in [1.54, 1.807) is 46.8 Å². The van der Waals surface area contributed by atoms with Crippen molar-refractivity contribution in [2.24, 2.45) is 23.7 Å². The Labute approximate surface area is 333 Å². The Balaban J connectivity index is 1.70. The number of amides is 1. The zero-order valence-electron chi connectivity index (χ0n) is 34.2. The summed E-state index contributed by atoms with van der Waals surface area (Å²) in [6.45, 7) is 12.6. The van der Waals surface area contributed by atoms with Crippen LogP contribution in [-0.2, 0) is 23.8 Å². The number of ketones is 1. The lowest BCUT2D eigenvalue weighted by atomic mass is 9.78.